The second-order valence-corrected chi connectivity index (χ2v) is 18.3. The van der Waals surface area contributed by atoms with Crippen molar-refractivity contribution in [2.75, 3.05) is 4.90 Å². The fraction of sp³-hybridized carbons (Fsp3) is 0.0476. The second-order valence-electron chi connectivity index (χ2n) is 18.3. The lowest BCUT2D eigenvalue weighted by atomic mass is 9.82. The molecule has 0 bridgehead atoms. The van der Waals surface area contributed by atoms with Gasteiger partial charge in [0.1, 0.15) is 16.7 Å². The maximum Gasteiger partial charge on any atom is 0.160 e. The summed E-state index contributed by atoms with van der Waals surface area (Å²) in [5.74, 6) is 0. The minimum Gasteiger partial charge on any atom is -0.456 e. The lowest BCUT2D eigenvalue weighted by molar-refractivity contribution is 0.660. The van der Waals surface area contributed by atoms with Crippen molar-refractivity contribution in [3.63, 3.8) is 0 Å². The molecule has 0 spiro atoms. The molecule has 1 aliphatic carbocycles. The van der Waals surface area contributed by atoms with Crippen LogP contribution < -0.4 is 4.90 Å². The molecule has 0 fully saturated rings. The summed E-state index contributed by atoms with van der Waals surface area (Å²) >= 11 is 0. The van der Waals surface area contributed by atoms with Crippen molar-refractivity contribution in [1.29, 1.82) is 0 Å². The first kappa shape index (κ1) is 37.0. The molecule has 11 aromatic carbocycles. The van der Waals surface area contributed by atoms with Gasteiger partial charge in [-0.1, -0.05) is 178 Å². The van der Waals surface area contributed by atoms with Crippen LogP contribution in [0.5, 0.6) is 0 Å². The van der Waals surface area contributed by atoms with Gasteiger partial charge in [0.05, 0.1) is 11.4 Å². The van der Waals surface area contributed by atoms with E-state index in [0.717, 1.165) is 83.2 Å². The SMILES string of the molecule is CC1(C)c2ccccc2-c2ccc(N(c3ccccc3-c3ccccc3)c3c(-c4ccc5c6ccccc6c6ccccc6c5c4)ccc4c3oc3ccc5oc6ccccc6c5c34)cc21. The molecule has 0 saturated heterocycles. The lowest BCUT2D eigenvalue weighted by Crippen LogP contribution is -2.17. The van der Waals surface area contributed by atoms with Crippen LogP contribution in [0, 0.1) is 0 Å². The highest BCUT2D eigenvalue weighted by Crippen LogP contribution is 2.55. The summed E-state index contributed by atoms with van der Waals surface area (Å²) in [4.78, 5) is 2.48. The van der Waals surface area contributed by atoms with Gasteiger partial charge < -0.3 is 13.7 Å². The van der Waals surface area contributed by atoms with Crippen LogP contribution in [0.4, 0.5) is 17.1 Å². The van der Waals surface area contributed by atoms with E-state index in [1.54, 1.807) is 0 Å². The van der Waals surface area contributed by atoms with Crippen molar-refractivity contribution in [3.05, 3.63) is 223 Å². The van der Waals surface area contributed by atoms with Gasteiger partial charge in [-0.05, 0) is 114 Å². The van der Waals surface area contributed by atoms with E-state index >= 15 is 0 Å². The molecule has 0 N–H and O–H groups in total. The van der Waals surface area contributed by atoms with Gasteiger partial charge in [-0.15, -0.1) is 0 Å². The van der Waals surface area contributed by atoms with Crippen LogP contribution in [0.1, 0.15) is 25.0 Å². The number of rotatable bonds is 5. The number of fused-ring (bicyclic) bond motifs is 16. The molecule has 3 heteroatoms. The van der Waals surface area contributed by atoms with Crippen LogP contribution in [0.2, 0.25) is 0 Å². The van der Waals surface area contributed by atoms with E-state index in [0.29, 0.717) is 0 Å². The Morgan fingerprint density at radius 3 is 1.68 bits per heavy atom. The Morgan fingerprint density at radius 2 is 0.909 bits per heavy atom. The maximum atomic E-state index is 7.36. The molecule has 0 unspecified atom stereocenters. The van der Waals surface area contributed by atoms with Gasteiger partial charge in [-0.3, -0.25) is 0 Å². The van der Waals surface area contributed by atoms with Gasteiger partial charge in [0.2, 0.25) is 0 Å². The zero-order chi connectivity index (χ0) is 43.7. The Bertz CT molecular complexity index is 4120. The Morgan fingerprint density at radius 1 is 0.348 bits per heavy atom. The Labute approximate surface area is 381 Å². The second kappa shape index (κ2) is 13.8. The highest BCUT2D eigenvalue weighted by atomic mass is 16.3. The molecule has 0 atom stereocenters. The van der Waals surface area contributed by atoms with Crippen LogP contribution in [0.25, 0.3) is 110 Å². The Balaban J connectivity index is 1.13. The lowest BCUT2D eigenvalue weighted by Gasteiger charge is -2.31. The van der Waals surface area contributed by atoms with Gasteiger partial charge >= 0.3 is 0 Å². The van der Waals surface area contributed by atoms with Crippen molar-refractivity contribution < 1.29 is 8.83 Å². The monoisotopic (exact) mass is 843 g/mol. The first-order chi connectivity index (χ1) is 32.5. The van der Waals surface area contributed by atoms with Crippen LogP contribution in [-0.4, -0.2) is 0 Å². The smallest absolute Gasteiger partial charge is 0.160 e. The minimum absolute atomic E-state index is 0.211. The molecule has 310 valence electrons. The quantitative estimate of drug-likeness (QED) is 0.162. The van der Waals surface area contributed by atoms with Gasteiger partial charge in [-0.2, -0.15) is 0 Å². The Kier molecular flexibility index (Phi) is 7.74. The summed E-state index contributed by atoms with van der Waals surface area (Å²) in [6.45, 7) is 4.72. The molecule has 2 aromatic heterocycles. The summed E-state index contributed by atoms with van der Waals surface area (Å²) in [6, 6.07) is 77.3. The van der Waals surface area contributed by atoms with Gasteiger partial charge in [0.25, 0.3) is 0 Å². The average molecular weight is 844 g/mol. The standard InChI is InChI=1S/C63H41NO2/c1-63(2)53-25-13-10-23-48(53)49-31-29-40(37-54(49)63)64(55-26-14-11-18-41(55)38-16-4-3-5-17-38)61-42(39-28-30-47-45-21-7-6-19-43(45)44-20-8-9-22-46(44)52(47)36-39)32-33-51-60-58(66-62(51)61)35-34-57-59(60)50-24-12-15-27-56(50)65-57/h3-37H,1-2H3. The van der Waals surface area contributed by atoms with Crippen molar-refractivity contribution in [2.45, 2.75) is 19.3 Å². The molecular formula is C63H41NO2. The van der Waals surface area contributed by atoms with Crippen LogP contribution in [0.3, 0.4) is 0 Å². The summed E-state index contributed by atoms with van der Waals surface area (Å²) in [5, 5.41) is 11.7. The number of hydrogen-bond donors (Lipinski definition) is 0. The zero-order valence-electron chi connectivity index (χ0n) is 36.5. The molecule has 2 heterocycles. The first-order valence-electron chi connectivity index (χ1n) is 22.8. The van der Waals surface area contributed by atoms with Crippen LogP contribution in [0.15, 0.2) is 221 Å². The third-order valence-corrected chi connectivity index (χ3v) is 14.5. The molecule has 0 aliphatic heterocycles. The molecule has 3 nitrogen and oxygen atoms in total. The predicted octanol–water partition coefficient (Wildman–Crippen LogP) is 18.1. The number of anilines is 3. The molecule has 66 heavy (non-hydrogen) atoms. The van der Waals surface area contributed by atoms with Crippen molar-refractivity contribution >= 4 is 93.3 Å². The number of hydrogen-bond acceptors (Lipinski definition) is 3. The third-order valence-electron chi connectivity index (χ3n) is 14.5. The summed E-state index contributed by atoms with van der Waals surface area (Å²) in [5.41, 5.74) is 15.9. The van der Waals surface area contributed by atoms with E-state index in [9.17, 15) is 0 Å². The third kappa shape index (κ3) is 5.20. The Hall–Kier alpha value is -8.40. The highest BCUT2D eigenvalue weighted by molar-refractivity contribution is 6.29. The number of nitrogens with zero attached hydrogens (tertiary/aromatic N) is 1. The minimum atomic E-state index is -0.211. The van der Waals surface area contributed by atoms with Crippen LogP contribution >= 0.6 is 0 Å². The maximum absolute atomic E-state index is 7.36. The molecule has 14 rings (SSSR count). The summed E-state index contributed by atoms with van der Waals surface area (Å²) in [6.07, 6.45) is 0. The zero-order valence-corrected chi connectivity index (χ0v) is 36.5. The number of furan rings is 2. The molecular weight excluding hydrogens is 803 g/mol. The van der Waals surface area contributed by atoms with Gasteiger partial charge in [0.15, 0.2) is 5.58 Å². The fourth-order valence-corrected chi connectivity index (χ4v) is 11.4. The normalized spacial score (nSPS) is 13.1. The molecule has 13 aromatic rings. The first-order valence-corrected chi connectivity index (χ1v) is 22.8. The van der Waals surface area contributed by atoms with Gasteiger partial charge in [-0.25, -0.2) is 0 Å². The predicted molar refractivity (Wildman–Crippen MR) is 277 cm³/mol. The van der Waals surface area contributed by atoms with Crippen molar-refractivity contribution in [2.24, 2.45) is 0 Å². The molecule has 0 saturated carbocycles. The van der Waals surface area contributed by atoms with Crippen molar-refractivity contribution in [1.82, 2.24) is 0 Å². The summed E-state index contributed by atoms with van der Waals surface area (Å²) < 4.78 is 13.9. The molecule has 0 radical (unpaired) electrons. The van der Waals surface area contributed by atoms with Gasteiger partial charge in [0, 0.05) is 43.8 Å². The molecule has 1 aliphatic rings. The number of benzene rings is 11. The van der Waals surface area contributed by atoms with E-state index in [1.165, 1.54) is 54.6 Å². The average Bonchev–Trinajstić information content (AvgIpc) is 4.02. The van der Waals surface area contributed by atoms with E-state index in [4.69, 9.17) is 8.83 Å². The van der Waals surface area contributed by atoms with Crippen molar-refractivity contribution in [3.8, 4) is 33.4 Å². The molecule has 0 amide bonds. The van der Waals surface area contributed by atoms with E-state index < -0.39 is 0 Å². The van der Waals surface area contributed by atoms with Crippen LogP contribution in [-0.2, 0) is 5.41 Å². The van der Waals surface area contributed by atoms with E-state index in [2.05, 4.69) is 225 Å². The highest BCUT2D eigenvalue weighted by Gasteiger charge is 2.36. The fourth-order valence-electron chi connectivity index (χ4n) is 11.4. The summed E-state index contributed by atoms with van der Waals surface area (Å²) in [7, 11) is 0. The number of para-hydroxylation sites is 2. The largest absolute Gasteiger partial charge is 0.456 e. The topological polar surface area (TPSA) is 29.5 Å². The van der Waals surface area contributed by atoms with E-state index in [1.807, 2.05) is 6.07 Å². The van der Waals surface area contributed by atoms with E-state index in [-0.39, 0.29) is 5.41 Å².